The maximum absolute atomic E-state index is 12.2. The average Bonchev–Trinajstić information content (AvgIpc) is 2.29. The lowest BCUT2D eigenvalue weighted by Gasteiger charge is -2.34. The third-order valence-corrected chi connectivity index (χ3v) is 5.26. The first-order valence-corrected chi connectivity index (χ1v) is 7.23. The largest absolute Gasteiger partial charge is 0.388 e. The molecule has 0 radical (unpaired) electrons. The smallest absolute Gasteiger partial charge is 0.237 e. The van der Waals surface area contributed by atoms with E-state index in [2.05, 4.69) is 0 Å². The second-order valence-corrected chi connectivity index (χ2v) is 6.94. The van der Waals surface area contributed by atoms with E-state index in [9.17, 15) is 13.5 Å². The van der Waals surface area contributed by atoms with Crippen molar-refractivity contribution in [2.45, 2.75) is 31.6 Å². The molecule has 1 N–H and O–H groups in total. The molecule has 0 bridgehead atoms. The van der Waals surface area contributed by atoms with E-state index < -0.39 is 21.4 Å². The molecule has 94 valence electrons. The second kappa shape index (κ2) is 4.31. The molecule has 1 heterocycles. The Bertz CT molecular complexity index is 510. The number of anilines is 1. The van der Waals surface area contributed by atoms with E-state index in [0.29, 0.717) is 24.2 Å². The molecule has 0 aromatic heterocycles. The molecular weight excluding hydrogens is 238 g/mol. The van der Waals surface area contributed by atoms with Gasteiger partial charge in [-0.1, -0.05) is 18.2 Å². The van der Waals surface area contributed by atoms with Crippen molar-refractivity contribution in [1.29, 1.82) is 0 Å². The van der Waals surface area contributed by atoms with Crippen molar-refractivity contribution in [3.05, 3.63) is 29.8 Å². The van der Waals surface area contributed by atoms with Gasteiger partial charge in [0.25, 0.3) is 0 Å². The Hall–Kier alpha value is -1.07. The fourth-order valence-electron chi connectivity index (χ4n) is 2.03. The Morgan fingerprint density at radius 1 is 1.35 bits per heavy atom. The lowest BCUT2D eigenvalue weighted by molar-refractivity contribution is 0.166. The van der Waals surface area contributed by atoms with Crippen LogP contribution in [0.15, 0.2) is 24.3 Å². The summed E-state index contributed by atoms with van der Waals surface area (Å²) < 4.78 is 25.8. The minimum atomic E-state index is -3.31. The van der Waals surface area contributed by atoms with Gasteiger partial charge in [0, 0.05) is 12.1 Å². The Morgan fingerprint density at radius 3 is 2.65 bits per heavy atom. The molecule has 1 atom stereocenters. The highest BCUT2D eigenvalue weighted by molar-refractivity contribution is 7.93. The van der Waals surface area contributed by atoms with Gasteiger partial charge in [0.1, 0.15) is 0 Å². The third kappa shape index (κ3) is 2.05. The topological polar surface area (TPSA) is 57.6 Å². The van der Waals surface area contributed by atoms with Crippen LogP contribution in [-0.2, 0) is 10.0 Å². The number of nitrogens with zero attached hydrogens (tertiary/aromatic N) is 1. The highest BCUT2D eigenvalue weighted by Gasteiger charge is 2.32. The number of benzene rings is 1. The fourth-order valence-corrected chi connectivity index (χ4v) is 3.34. The van der Waals surface area contributed by atoms with Gasteiger partial charge in [0.2, 0.25) is 10.0 Å². The molecule has 1 aliphatic heterocycles. The summed E-state index contributed by atoms with van der Waals surface area (Å²) in [5, 5.41) is 9.41. The van der Waals surface area contributed by atoms with Gasteiger partial charge in [-0.15, -0.1) is 0 Å². The van der Waals surface area contributed by atoms with E-state index in [1.807, 2.05) is 6.07 Å². The average molecular weight is 255 g/mol. The fraction of sp³-hybridized carbons (Fsp3) is 0.500. The summed E-state index contributed by atoms with van der Waals surface area (Å²) in [6.07, 6.45) is -0.118. The number of para-hydroxylation sites is 1. The minimum Gasteiger partial charge on any atom is -0.388 e. The molecule has 0 amide bonds. The van der Waals surface area contributed by atoms with Crippen molar-refractivity contribution in [2.75, 3.05) is 10.8 Å². The predicted molar refractivity (Wildman–Crippen MR) is 67.4 cm³/mol. The van der Waals surface area contributed by atoms with Gasteiger partial charge < -0.3 is 5.11 Å². The summed E-state index contributed by atoms with van der Waals surface area (Å²) in [7, 11) is -3.31. The summed E-state index contributed by atoms with van der Waals surface area (Å²) in [6, 6.07) is 7.13. The molecule has 2 rings (SSSR count). The molecular formula is C12H17NO3S. The SMILES string of the molecule is CC(C)S(=O)(=O)N1CCC(O)c2ccccc21. The van der Waals surface area contributed by atoms with E-state index in [1.165, 1.54) is 4.31 Å². The van der Waals surface area contributed by atoms with E-state index in [4.69, 9.17) is 0 Å². The lowest BCUT2D eigenvalue weighted by Crippen LogP contribution is -2.40. The first kappa shape index (κ1) is 12.4. The Morgan fingerprint density at radius 2 is 2.00 bits per heavy atom. The maximum Gasteiger partial charge on any atom is 0.237 e. The standard InChI is InChI=1S/C12H17NO3S/c1-9(2)17(15,16)13-8-7-12(14)10-5-3-4-6-11(10)13/h3-6,9,12,14H,7-8H2,1-2H3. The zero-order valence-electron chi connectivity index (χ0n) is 10.00. The van der Waals surface area contributed by atoms with Gasteiger partial charge >= 0.3 is 0 Å². The van der Waals surface area contributed by atoms with E-state index in [1.54, 1.807) is 32.0 Å². The number of rotatable bonds is 2. The molecule has 1 aliphatic rings. The highest BCUT2D eigenvalue weighted by atomic mass is 32.2. The number of fused-ring (bicyclic) bond motifs is 1. The molecule has 4 nitrogen and oxygen atoms in total. The van der Waals surface area contributed by atoms with Crippen LogP contribution in [0.4, 0.5) is 5.69 Å². The predicted octanol–water partition coefficient (Wildman–Crippen LogP) is 1.67. The zero-order valence-corrected chi connectivity index (χ0v) is 10.8. The summed E-state index contributed by atoms with van der Waals surface area (Å²) in [4.78, 5) is 0. The summed E-state index contributed by atoms with van der Waals surface area (Å²) in [5.74, 6) is 0. The van der Waals surface area contributed by atoms with Gasteiger partial charge in [-0.3, -0.25) is 4.31 Å². The molecule has 0 saturated carbocycles. The number of aliphatic hydroxyl groups is 1. The first-order valence-electron chi connectivity index (χ1n) is 5.73. The van der Waals surface area contributed by atoms with Crippen LogP contribution in [0.3, 0.4) is 0 Å². The third-order valence-electron chi connectivity index (χ3n) is 3.07. The van der Waals surface area contributed by atoms with Crippen LogP contribution in [0.1, 0.15) is 31.9 Å². The monoisotopic (exact) mass is 255 g/mol. The molecule has 1 aromatic rings. The lowest BCUT2D eigenvalue weighted by atomic mass is 10.0. The minimum absolute atomic E-state index is 0.346. The van der Waals surface area contributed by atoms with Crippen LogP contribution in [0.5, 0.6) is 0 Å². The normalized spacial score (nSPS) is 20.5. The quantitative estimate of drug-likeness (QED) is 0.874. The molecule has 1 aromatic carbocycles. The number of hydrogen-bond acceptors (Lipinski definition) is 3. The first-order chi connectivity index (χ1) is 7.94. The molecule has 0 fully saturated rings. The molecule has 1 unspecified atom stereocenters. The van der Waals surface area contributed by atoms with Crippen molar-refractivity contribution >= 4 is 15.7 Å². The summed E-state index contributed by atoms with van der Waals surface area (Å²) in [6.45, 7) is 3.69. The van der Waals surface area contributed by atoms with Crippen LogP contribution < -0.4 is 4.31 Å². The van der Waals surface area contributed by atoms with Crippen molar-refractivity contribution < 1.29 is 13.5 Å². The van der Waals surface area contributed by atoms with Crippen molar-refractivity contribution in [3.8, 4) is 0 Å². The van der Waals surface area contributed by atoms with Gasteiger partial charge in [-0.05, 0) is 26.3 Å². The van der Waals surface area contributed by atoms with Gasteiger partial charge in [0.15, 0.2) is 0 Å². The maximum atomic E-state index is 12.2. The zero-order chi connectivity index (χ0) is 12.6. The second-order valence-electron chi connectivity index (χ2n) is 4.53. The van der Waals surface area contributed by atoms with Gasteiger partial charge in [0.05, 0.1) is 17.0 Å². The Labute approximate surface area is 102 Å². The summed E-state index contributed by atoms with van der Waals surface area (Å²) in [5.41, 5.74) is 1.31. The van der Waals surface area contributed by atoms with Gasteiger partial charge in [-0.2, -0.15) is 0 Å². The Kier molecular flexibility index (Phi) is 3.14. The van der Waals surface area contributed by atoms with Crippen LogP contribution in [0.25, 0.3) is 0 Å². The molecule has 0 spiro atoms. The number of hydrogen-bond donors (Lipinski definition) is 1. The molecule has 17 heavy (non-hydrogen) atoms. The van der Waals surface area contributed by atoms with E-state index >= 15 is 0 Å². The van der Waals surface area contributed by atoms with E-state index in [0.717, 1.165) is 0 Å². The van der Waals surface area contributed by atoms with Gasteiger partial charge in [-0.25, -0.2) is 8.42 Å². The van der Waals surface area contributed by atoms with E-state index in [-0.39, 0.29) is 0 Å². The van der Waals surface area contributed by atoms with Crippen molar-refractivity contribution in [2.24, 2.45) is 0 Å². The van der Waals surface area contributed by atoms with Crippen molar-refractivity contribution in [1.82, 2.24) is 0 Å². The van der Waals surface area contributed by atoms with Crippen LogP contribution in [0, 0.1) is 0 Å². The van der Waals surface area contributed by atoms with Crippen molar-refractivity contribution in [3.63, 3.8) is 0 Å². The molecule has 0 saturated heterocycles. The Balaban J connectivity index is 2.51. The number of aliphatic hydroxyl groups excluding tert-OH is 1. The van der Waals surface area contributed by atoms with Crippen LogP contribution >= 0.6 is 0 Å². The highest BCUT2D eigenvalue weighted by Crippen LogP contribution is 2.35. The molecule has 5 heteroatoms. The van der Waals surface area contributed by atoms with Crippen LogP contribution in [0.2, 0.25) is 0 Å². The number of sulfonamides is 1. The van der Waals surface area contributed by atoms with Crippen LogP contribution in [-0.4, -0.2) is 25.3 Å². The molecule has 0 aliphatic carbocycles. The summed E-state index contributed by atoms with van der Waals surface area (Å²) >= 11 is 0.